The quantitative estimate of drug-likeness (QED) is 0.432. The van der Waals surface area contributed by atoms with Crippen LogP contribution in [0.5, 0.6) is 0 Å². The molecule has 1 radical (unpaired) electrons. The van der Waals surface area contributed by atoms with E-state index in [1.807, 2.05) is 14.4 Å². The largest absolute Gasteiger partial charge is 0.440 e. The average Bonchev–Trinajstić information content (AvgIpc) is 1.98. The summed E-state index contributed by atoms with van der Waals surface area (Å²) in [6.07, 6.45) is 1.91. The molecule has 0 atom stereocenters. The van der Waals surface area contributed by atoms with Crippen molar-refractivity contribution in [3.63, 3.8) is 0 Å². The van der Waals surface area contributed by atoms with E-state index in [0.717, 1.165) is 26.0 Å². The van der Waals surface area contributed by atoms with Gasteiger partial charge in [-0.15, -0.1) is 0 Å². The van der Waals surface area contributed by atoms with Crippen LogP contribution in [-0.4, -0.2) is 26.3 Å². The van der Waals surface area contributed by atoms with Gasteiger partial charge in [-0.25, -0.2) is 0 Å². The summed E-state index contributed by atoms with van der Waals surface area (Å²) < 4.78 is 10.8. The molecule has 0 aromatic carbocycles. The summed E-state index contributed by atoms with van der Waals surface area (Å²) in [4.78, 5) is 0. The first-order valence-electron chi connectivity index (χ1n) is 4.69. The van der Waals surface area contributed by atoms with Gasteiger partial charge in [0, 0.05) is 13.2 Å². The van der Waals surface area contributed by atoms with Crippen LogP contribution in [0.25, 0.3) is 0 Å². The highest BCUT2D eigenvalue weighted by atomic mass is 16.5. The Labute approximate surface area is 76.9 Å². The zero-order valence-corrected chi connectivity index (χ0v) is 8.72. The van der Waals surface area contributed by atoms with Crippen LogP contribution in [-0.2, 0) is 9.39 Å². The first-order chi connectivity index (χ1) is 5.62. The number of rotatable bonds is 7. The van der Waals surface area contributed by atoms with E-state index >= 15 is 0 Å². The molecule has 0 aromatic rings. The second kappa shape index (κ2) is 6.50. The molecule has 3 heteroatoms. The molecule has 0 saturated heterocycles. The monoisotopic (exact) mass is 171 g/mol. The van der Waals surface area contributed by atoms with Crippen molar-refractivity contribution >= 4 is 7.48 Å². The standard InChI is InChI=1S/C9H20BO2/c1-5-10-12-8-7-9(3,4)11-6-2/h5-8H2,1-4H3. The summed E-state index contributed by atoms with van der Waals surface area (Å²) in [5.41, 5.74) is -0.0453. The third-order valence-corrected chi connectivity index (χ3v) is 1.64. The molecule has 0 aromatic heterocycles. The zero-order valence-electron chi connectivity index (χ0n) is 8.72. The molecule has 0 aliphatic heterocycles. The predicted molar refractivity (Wildman–Crippen MR) is 52.5 cm³/mol. The Hall–Kier alpha value is -0.0151. The van der Waals surface area contributed by atoms with Crippen LogP contribution in [0.15, 0.2) is 0 Å². The smallest absolute Gasteiger partial charge is 0.292 e. The summed E-state index contributed by atoms with van der Waals surface area (Å²) >= 11 is 0. The summed E-state index contributed by atoms with van der Waals surface area (Å²) in [5, 5.41) is 0. The van der Waals surface area contributed by atoms with Crippen LogP contribution >= 0.6 is 0 Å². The maximum Gasteiger partial charge on any atom is 0.292 e. The van der Waals surface area contributed by atoms with Crippen molar-refractivity contribution in [1.29, 1.82) is 0 Å². The molecule has 0 aliphatic carbocycles. The minimum atomic E-state index is -0.0453. The predicted octanol–water partition coefficient (Wildman–Crippen LogP) is 2.27. The van der Waals surface area contributed by atoms with Gasteiger partial charge in [-0.1, -0.05) is 13.2 Å². The molecule has 0 aliphatic rings. The first kappa shape index (κ1) is 12.0. The topological polar surface area (TPSA) is 18.5 Å². The Morgan fingerprint density at radius 3 is 2.42 bits per heavy atom. The van der Waals surface area contributed by atoms with E-state index in [4.69, 9.17) is 9.39 Å². The Kier molecular flexibility index (Phi) is 6.49. The molecule has 0 saturated carbocycles. The highest BCUT2D eigenvalue weighted by Crippen LogP contribution is 2.13. The summed E-state index contributed by atoms with van der Waals surface area (Å²) in [5.74, 6) is 0. The molecule has 2 nitrogen and oxygen atoms in total. The average molecular weight is 171 g/mol. The maximum atomic E-state index is 5.52. The molecule has 0 spiro atoms. The van der Waals surface area contributed by atoms with Crippen molar-refractivity contribution in [2.24, 2.45) is 0 Å². The molecular weight excluding hydrogens is 151 g/mol. The zero-order chi connectivity index (χ0) is 9.45. The van der Waals surface area contributed by atoms with Gasteiger partial charge in [0.15, 0.2) is 0 Å². The van der Waals surface area contributed by atoms with Crippen LogP contribution in [0.3, 0.4) is 0 Å². The summed E-state index contributed by atoms with van der Waals surface area (Å²) in [6.45, 7) is 9.78. The number of hydrogen-bond donors (Lipinski definition) is 0. The van der Waals surface area contributed by atoms with Gasteiger partial charge in [0.05, 0.1) is 5.60 Å². The van der Waals surface area contributed by atoms with Crippen LogP contribution in [0.2, 0.25) is 6.32 Å². The Balaban J connectivity index is 3.33. The fourth-order valence-electron chi connectivity index (χ4n) is 0.969. The fraction of sp³-hybridized carbons (Fsp3) is 1.00. The van der Waals surface area contributed by atoms with E-state index in [-0.39, 0.29) is 5.60 Å². The van der Waals surface area contributed by atoms with Crippen molar-refractivity contribution in [1.82, 2.24) is 0 Å². The van der Waals surface area contributed by atoms with Gasteiger partial charge in [-0.3, -0.25) is 0 Å². The summed E-state index contributed by atoms with van der Waals surface area (Å²) in [6, 6.07) is 0. The molecule has 0 fully saturated rings. The normalized spacial score (nSPS) is 11.7. The van der Waals surface area contributed by atoms with Gasteiger partial charge in [-0.05, 0) is 27.2 Å². The second-order valence-corrected chi connectivity index (χ2v) is 3.39. The highest BCUT2D eigenvalue weighted by Gasteiger charge is 2.16. The fourth-order valence-corrected chi connectivity index (χ4v) is 0.969. The van der Waals surface area contributed by atoms with Crippen molar-refractivity contribution < 1.29 is 9.39 Å². The maximum absolute atomic E-state index is 5.52. The van der Waals surface area contributed by atoms with Gasteiger partial charge >= 0.3 is 0 Å². The lowest BCUT2D eigenvalue weighted by Gasteiger charge is -2.24. The SMILES string of the molecule is CC[B]OCCC(C)(C)OCC. The van der Waals surface area contributed by atoms with Crippen LogP contribution < -0.4 is 0 Å². The minimum absolute atomic E-state index is 0.0453. The first-order valence-corrected chi connectivity index (χ1v) is 4.69. The second-order valence-electron chi connectivity index (χ2n) is 3.39. The van der Waals surface area contributed by atoms with Gasteiger partial charge < -0.3 is 9.39 Å². The Morgan fingerprint density at radius 2 is 1.92 bits per heavy atom. The number of hydrogen-bond acceptors (Lipinski definition) is 2. The lowest BCUT2D eigenvalue weighted by atomic mass is 9.97. The van der Waals surface area contributed by atoms with Crippen LogP contribution in [0.4, 0.5) is 0 Å². The third-order valence-electron chi connectivity index (χ3n) is 1.64. The Morgan fingerprint density at radius 1 is 1.25 bits per heavy atom. The van der Waals surface area contributed by atoms with Crippen molar-refractivity contribution in [3.05, 3.63) is 0 Å². The van der Waals surface area contributed by atoms with E-state index in [1.54, 1.807) is 0 Å². The highest BCUT2D eigenvalue weighted by molar-refractivity contribution is 6.26. The van der Waals surface area contributed by atoms with Gasteiger partial charge in [0.1, 0.15) is 0 Å². The minimum Gasteiger partial charge on any atom is -0.440 e. The van der Waals surface area contributed by atoms with E-state index in [1.165, 1.54) is 0 Å². The van der Waals surface area contributed by atoms with Crippen LogP contribution in [0, 0.1) is 0 Å². The van der Waals surface area contributed by atoms with Gasteiger partial charge in [-0.2, -0.15) is 0 Å². The van der Waals surface area contributed by atoms with E-state index < -0.39 is 0 Å². The lowest BCUT2D eigenvalue weighted by Crippen LogP contribution is -2.26. The van der Waals surface area contributed by atoms with Gasteiger partial charge in [0.2, 0.25) is 0 Å². The van der Waals surface area contributed by atoms with Crippen molar-refractivity contribution in [2.75, 3.05) is 13.2 Å². The molecule has 0 N–H and O–H groups in total. The Bertz CT molecular complexity index is 105. The molecule has 0 bridgehead atoms. The molecular formula is C9H20BO2. The van der Waals surface area contributed by atoms with Crippen LogP contribution in [0.1, 0.15) is 34.1 Å². The lowest BCUT2D eigenvalue weighted by molar-refractivity contribution is -0.0237. The van der Waals surface area contributed by atoms with E-state index in [9.17, 15) is 0 Å². The molecule has 71 valence electrons. The van der Waals surface area contributed by atoms with Crippen molar-refractivity contribution in [3.8, 4) is 0 Å². The van der Waals surface area contributed by atoms with Crippen molar-refractivity contribution in [2.45, 2.75) is 46.0 Å². The third kappa shape index (κ3) is 6.68. The van der Waals surface area contributed by atoms with E-state index in [0.29, 0.717) is 0 Å². The molecule has 0 amide bonds. The molecule has 0 rings (SSSR count). The molecule has 12 heavy (non-hydrogen) atoms. The number of ether oxygens (including phenoxy) is 1. The molecule has 0 unspecified atom stereocenters. The molecule has 0 heterocycles. The van der Waals surface area contributed by atoms with Gasteiger partial charge in [0.25, 0.3) is 7.48 Å². The summed E-state index contributed by atoms with van der Waals surface area (Å²) in [7, 11) is 1.84. The van der Waals surface area contributed by atoms with E-state index in [2.05, 4.69) is 20.8 Å².